The van der Waals surface area contributed by atoms with Crippen LogP contribution in [0.3, 0.4) is 0 Å². The van der Waals surface area contributed by atoms with Gasteiger partial charge >= 0.3 is 11.9 Å². The molecule has 0 spiro atoms. The van der Waals surface area contributed by atoms with Crippen LogP contribution < -0.4 is 16.5 Å². The molecule has 1 aromatic carbocycles. The molecule has 2 fully saturated rings. The van der Waals surface area contributed by atoms with Crippen LogP contribution in [0.5, 0.6) is 0 Å². The van der Waals surface area contributed by atoms with Gasteiger partial charge in [-0.15, -0.1) is 0 Å². The molecule has 3 amide bonds. The summed E-state index contributed by atoms with van der Waals surface area (Å²) in [5, 5.41) is 16.3. The lowest BCUT2D eigenvalue weighted by molar-refractivity contribution is -0.149. The van der Waals surface area contributed by atoms with Crippen molar-refractivity contribution in [1.82, 2.24) is 20.5 Å². The predicted octanol–water partition coefficient (Wildman–Crippen LogP) is 0.584. The van der Waals surface area contributed by atoms with Crippen LogP contribution in [0.4, 0.5) is 0 Å². The second kappa shape index (κ2) is 16.0. The third kappa shape index (κ3) is 9.35. The Morgan fingerprint density at radius 2 is 1.74 bits per heavy atom. The highest BCUT2D eigenvalue weighted by Gasteiger charge is 2.34. The SMILES string of the molecule is COC(=O)c1ccc(C(=O)NCCC(=O)[C@H](CN(N)C(=O)[C@@H]2CCCN(C(=O)CCC3CCNCC3)C2)C(=O)O)cc1. The normalized spacial score (nSPS) is 18.0. The Labute approximate surface area is 245 Å². The van der Waals surface area contributed by atoms with Gasteiger partial charge in [-0.2, -0.15) is 0 Å². The molecule has 230 valence electrons. The van der Waals surface area contributed by atoms with Gasteiger partial charge in [-0.3, -0.25) is 29.0 Å². The molecule has 0 saturated carbocycles. The number of nitrogens with two attached hydrogens (primary N) is 1. The maximum atomic E-state index is 13.1. The van der Waals surface area contributed by atoms with Gasteiger partial charge in [0, 0.05) is 38.0 Å². The Morgan fingerprint density at radius 1 is 1.07 bits per heavy atom. The predicted molar refractivity (Wildman–Crippen MR) is 151 cm³/mol. The first kappa shape index (κ1) is 32.7. The molecule has 3 rings (SSSR count). The number of carboxylic acid groups (broad SMARTS) is 1. The minimum absolute atomic E-state index is 0.00893. The van der Waals surface area contributed by atoms with Crippen LogP contribution in [0.15, 0.2) is 24.3 Å². The van der Waals surface area contributed by atoms with Gasteiger partial charge < -0.3 is 25.4 Å². The number of hydrogen-bond acceptors (Lipinski definition) is 9. The number of aliphatic carboxylic acids is 1. The van der Waals surface area contributed by atoms with E-state index in [1.165, 1.54) is 31.4 Å². The first-order valence-corrected chi connectivity index (χ1v) is 14.4. The van der Waals surface area contributed by atoms with Crippen molar-refractivity contribution in [3.8, 4) is 0 Å². The smallest absolute Gasteiger partial charge is 0.337 e. The van der Waals surface area contributed by atoms with Gasteiger partial charge in [-0.05, 0) is 75.4 Å². The molecule has 5 N–H and O–H groups in total. The van der Waals surface area contributed by atoms with E-state index in [-0.39, 0.29) is 36.5 Å². The summed E-state index contributed by atoms with van der Waals surface area (Å²) in [6.07, 6.45) is 4.23. The zero-order chi connectivity index (χ0) is 30.6. The van der Waals surface area contributed by atoms with E-state index in [2.05, 4.69) is 15.4 Å². The maximum absolute atomic E-state index is 13.1. The highest BCUT2D eigenvalue weighted by atomic mass is 16.5. The lowest BCUT2D eigenvalue weighted by atomic mass is 9.92. The largest absolute Gasteiger partial charge is 0.481 e. The summed E-state index contributed by atoms with van der Waals surface area (Å²) in [5.41, 5.74) is 0.518. The number of benzene rings is 1. The van der Waals surface area contributed by atoms with Crippen molar-refractivity contribution in [3.63, 3.8) is 0 Å². The lowest BCUT2D eigenvalue weighted by Crippen LogP contribution is -2.51. The van der Waals surface area contributed by atoms with Crippen molar-refractivity contribution < 1.29 is 38.6 Å². The zero-order valence-electron chi connectivity index (χ0n) is 24.0. The highest BCUT2D eigenvalue weighted by Crippen LogP contribution is 2.22. The standard InChI is InChI=1S/C29H41N5O8/c1-42-29(41)21-7-5-20(6-8-21)26(37)32-15-12-24(35)23(28(39)40)18-34(30)27(38)22-3-2-16-33(17-22)25(36)9-4-19-10-13-31-14-11-19/h5-8,19,22-23,31H,2-4,9-18,30H2,1H3,(H,32,37)(H,39,40)/t22-,23+/m1/s1. The fraction of sp³-hybridized carbons (Fsp3) is 0.586. The van der Waals surface area contributed by atoms with Crippen molar-refractivity contribution in [2.24, 2.45) is 23.6 Å². The van der Waals surface area contributed by atoms with E-state index in [1.54, 1.807) is 4.90 Å². The average molecular weight is 588 g/mol. The molecule has 0 aliphatic carbocycles. The first-order chi connectivity index (χ1) is 20.1. The number of esters is 1. The number of carbonyl (C=O) groups is 6. The van der Waals surface area contributed by atoms with E-state index in [4.69, 9.17) is 5.84 Å². The second-order valence-corrected chi connectivity index (χ2v) is 10.8. The molecule has 2 saturated heterocycles. The summed E-state index contributed by atoms with van der Waals surface area (Å²) in [6, 6.07) is 5.71. The molecule has 1 aromatic rings. The number of ketones is 1. The number of amides is 3. The maximum Gasteiger partial charge on any atom is 0.337 e. The number of carboxylic acids is 1. The molecule has 42 heavy (non-hydrogen) atoms. The summed E-state index contributed by atoms with van der Waals surface area (Å²) in [5.74, 6) is 0.681. The lowest BCUT2D eigenvalue weighted by Gasteiger charge is -2.34. The molecule has 2 aliphatic heterocycles. The number of rotatable bonds is 13. The Hall–Kier alpha value is -3.84. The molecule has 13 nitrogen and oxygen atoms in total. The van der Waals surface area contributed by atoms with Crippen LogP contribution in [-0.4, -0.2) is 96.8 Å². The van der Waals surface area contributed by atoms with Gasteiger partial charge in [-0.25, -0.2) is 10.6 Å². The number of hydrogen-bond donors (Lipinski definition) is 4. The van der Waals surface area contributed by atoms with Crippen LogP contribution in [-0.2, 0) is 23.9 Å². The fourth-order valence-corrected chi connectivity index (χ4v) is 5.35. The number of hydrazine groups is 1. The summed E-state index contributed by atoms with van der Waals surface area (Å²) >= 11 is 0. The van der Waals surface area contributed by atoms with Crippen molar-refractivity contribution in [2.75, 3.05) is 46.4 Å². The molecule has 13 heteroatoms. The molecule has 2 atom stereocenters. The van der Waals surface area contributed by atoms with Gasteiger partial charge in [0.25, 0.3) is 5.91 Å². The van der Waals surface area contributed by atoms with Crippen LogP contribution in [0.2, 0.25) is 0 Å². The monoisotopic (exact) mass is 587 g/mol. The Kier molecular flexibility index (Phi) is 12.4. The average Bonchev–Trinajstić information content (AvgIpc) is 3.01. The first-order valence-electron chi connectivity index (χ1n) is 14.4. The van der Waals surface area contributed by atoms with E-state index in [9.17, 15) is 33.9 Å². The zero-order valence-corrected chi connectivity index (χ0v) is 24.0. The van der Waals surface area contributed by atoms with Crippen molar-refractivity contribution in [2.45, 2.75) is 44.9 Å². The van der Waals surface area contributed by atoms with Gasteiger partial charge in [0.1, 0.15) is 5.92 Å². The minimum atomic E-state index is -1.57. The van der Waals surface area contributed by atoms with Gasteiger partial charge in [0.15, 0.2) is 5.78 Å². The summed E-state index contributed by atoms with van der Waals surface area (Å²) in [7, 11) is 1.24. The molecule has 0 bridgehead atoms. The van der Waals surface area contributed by atoms with Gasteiger partial charge in [0.2, 0.25) is 11.8 Å². The number of methoxy groups -OCH3 is 1. The topological polar surface area (TPSA) is 188 Å². The van der Waals surface area contributed by atoms with Crippen LogP contribution >= 0.6 is 0 Å². The third-order valence-corrected chi connectivity index (χ3v) is 7.92. The number of carbonyl (C=O) groups excluding carboxylic acids is 5. The van der Waals surface area contributed by atoms with Crippen molar-refractivity contribution in [1.29, 1.82) is 0 Å². The number of likely N-dealkylation sites (tertiary alicyclic amines) is 1. The molecule has 2 aliphatic rings. The molecular formula is C29H41N5O8. The summed E-state index contributed by atoms with van der Waals surface area (Å²) in [4.78, 5) is 76.0. The Bertz CT molecular complexity index is 1140. The van der Waals surface area contributed by atoms with Crippen LogP contribution in [0, 0.1) is 17.8 Å². The summed E-state index contributed by atoms with van der Waals surface area (Å²) in [6.45, 7) is 2.07. The Balaban J connectivity index is 1.46. The third-order valence-electron chi connectivity index (χ3n) is 7.92. The van der Waals surface area contributed by atoms with Gasteiger partial charge in [0.05, 0.1) is 25.1 Å². The molecular weight excluding hydrogens is 546 g/mol. The molecule has 2 heterocycles. The van der Waals surface area contributed by atoms with E-state index >= 15 is 0 Å². The number of piperidine rings is 2. The number of nitrogens with zero attached hydrogens (tertiary/aromatic N) is 2. The van der Waals surface area contributed by atoms with Gasteiger partial charge in [-0.1, -0.05) is 0 Å². The Morgan fingerprint density at radius 3 is 2.38 bits per heavy atom. The van der Waals surface area contributed by atoms with Crippen molar-refractivity contribution >= 4 is 35.4 Å². The van der Waals surface area contributed by atoms with Crippen LogP contribution in [0.25, 0.3) is 0 Å². The van der Waals surface area contributed by atoms with E-state index in [1.807, 2.05) is 0 Å². The highest BCUT2D eigenvalue weighted by molar-refractivity contribution is 6.00. The molecule has 0 unspecified atom stereocenters. The molecule has 0 aromatic heterocycles. The van der Waals surface area contributed by atoms with E-state index in [0.717, 1.165) is 37.4 Å². The van der Waals surface area contributed by atoms with Crippen molar-refractivity contribution in [3.05, 3.63) is 35.4 Å². The minimum Gasteiger partial charge on any atom is -0.481 e. The molecule has 0 radical (unpaired) electrons. The van der Waals surface area contributed by atoms with E-state index < -0.39 is 47.9 Å². The number of nitrogens with one attached hydrogen (secondary N) is 2. The quantitative estimate of drug-likeness (QED) is 0.0836. The fourth-order valence-electron chi connectivity index (χ4n) is 5.35. The van der Waals surface area contributed by atoms with E-state index in [0.29, 0.717) is 31.7 Å². The number of ether oxygens (including phenoxy) is 1. The summed E-state index contributed by atoms with van der Waals surface area (Å²) < 4.78 is 4.61. The van der Waals surface area contributed by atoms with Crippen LogP contribution in [0.1, 0.15) is 65.7 Å². The second-order valence-electron chi connectivity index (χ2n) is 10.8. The number of Topliss-reactive ketones (excluding diaryl/α,β-unsaturated/α-hetero) is 1.